The molecule has 4 nitrogen and oxygen atoms in total. The molecule has 0 unspecified atom stereocenters. The predicted octanol–water partition coefficient (Wildman–Crippen LogP) is 0.212. The Morgan fingerprint density at radius 3 is 2.10 bits per heavy atom. The Kier molecular flexibility index (Phi) is 5.04. The monoisotopic (exact) mass is 312 g/mol. The average Bonchev–Trinajstić information content (AvgIpc) is 2.62. The molecule has 1 aliphatic rings. The molecule has 0 aromatic heterocycles. The summed E-state index contributed by atoms with van der Waals surface area (Å²) in [4.78, 5) is -1.32. The molecule has 1 aromatic carbocycles. The molecule has 0 atom stereocenters. The fraction of sp³-hybridized carbons (Fsp3) is 0.143. The van der Waals surface area contributed by atoms with Crippen LogP contribution in [0.15, 0.2) is 66.8 Å². The first-order valence-electron chi connectivity index (χ1n) is 5.82. The summed E-state index contributed by atoms with van der Waals surface area (Å²) in [6.07, 6.45) is 9.86. The molecule has 2 rings (SSSR count). The lowest BCUT2D eigenvalue weighted by Gasteiger charge is -2.24. The molecule has 106 valence electrons. The molecule has 0 heterocycles. The highest BCUT2D eigenvalue weighted by molar-refractivity contribution is 8.00. The van der Waals surface area contributed by atoms with Gasteiger partial charge in [0.25, 0.3) is 0 Å². The van der Waals surface area contributed by atoms with Crippen molar-refractivity contribution in [1.82, 2.24) is 0 Å². The van der Waals surface area contributed by atoms with Crippen molar-refractivity contribution in [2.45, 2.75) is 10.7 Å². The number of hydrogen-bond acceptors (Lipinski definition) is 5. The van der Waals surface area contributed by atoms with Crippen LogP contribution < -0.4 is 14.0 Å². The minimum Gasteiger partial charge on any atom is -0.183 e. The molecular formula is C14H13ClO4S. The summed E-state index contributed by atoms with van der Waals surface area (Å²) in [6, 6.07) is 9.54. The number of halogens is 1. The maximum atomic E-state index is 10.9. The molecule has 0 radical (unpaired) electrons. The Bertz CT molecular complexity index is 504. The summed E-state index contributed by atoms with van der Waals surface area (Å²) in [5.41, 5.74) is 1.01. The van der Waals surface area contributed by atoms with E-state index in [-0.39, 0.29) is 0 Å². The van der Waals surface area contributed by atoms with Gasteiger partial charge in [0.05, 0.1) is 14.5 Å². The molecule has 0 aliphatic heterocycles. The summed E-state index contributed by atoms with van der Waals surface area (Å²) in [7, 11) is -4.52. The Labute approximate surface area is 123 Å². The van der Waals surface area contributed by atoms with Crippen LogP contribution in [0.25, 0.3) is 0 Å². The summed E-state index contributed by atoms with van der Waals surface area (Å²) < 4.78 is 37.5. The number of benzene rings is 1. The van der Waals surface area contributed by atoms with Gasteiger partial charge in [0.15, 0.2) is 0 Å². The van der Waals surface area contributed by atoms with E-state index in [1.54, 1.807) is 36.5 Å². The van der Waals surface area contributed by atoms with E-state index in [1.807, 2.05) is 30.3 Å². The van der Waals surface area contributed by atoms with Gasteiger partial charge in [-0.15, -0.1) is 0 Å². The van der Waals surface area contributed by atoms with Crippen molar-refractivity contribution in [2.75, 3.05) is 0 Å². The summed E-state index contributed by atoms with van der Waals surface area (Å²) >= 11 is 1.22. The summed E-state index contributed by atoms with van der Waals surface area (Å²) in [5, 5.41) is 0. The SMILES string of the molecule is [O-][Cl+3]([O-])([O-])OC1(SCc2ccccc2)C=CC=CC=C1. The van der Waals surface area contributed by atoms with Crippen molar-refractivity contribution in [3.05, 3.63) is 72.4 Å². The van der Waals surface area contributed by atoms with Crippen LogP contribution in [0, 0.1) is 10.2 Å². The lowest BCUT2D eigenvalue weighted by Crippen LogP contribution is -2.63. The highest BCUT2D eigenvalue weighted by atomic mass is 35.7. The molecule has 0 bridgehead atoms. The highest BCUT2D eigenvalue weighted by Gasteiger charge is 2.42. The van der Waals surface area contributed by atoms with Crippen LogP contribution in [0.2, 0.25) is 0 Å². The fourth-order valence-electron chi connectivity index (χ4n) is 1.65. The quantitative estimate of drug-likeness (QED) is 0.726. The topological polar surface area (TPSA) is 78.4 Å². The van der Waals surface area contributed by atoms with Gasteiger partial charge in [-0.1, -0.05) is 66.4 Å². The second kappa shape index (κ2) is 6.58. The van der Waals surface area contributed by atoms with Crippen molar-refractivity contribution < 1.29 is 28.5 Å². The predicted molar refractivity (Wildman–Crippen MR) is 69.0 cm³/mol. The zero-order valence-electron chi connectivity index (χ0n) is 10.5. The molecule has 0 amide bonds. The van der Waals surface area contributed by atoms with Crippen LogP contribution in [-0.4, -0.2) is 4.93 Å². The van der Waals surface area contributed by atoms with Gasteiger partial charge < -0.3 is 0 Å². The molecule has 6 heteroatoms. The molecular weight excluding hydrogens is 300 g/mol. The van der Waals surface area contributed by atoms with E-state index in [9.17, 15) is 14.0 Å². The smallest absolute Gasteiger partial charge is 0.183 e. The van der Waals surface area contributed by atoms with E-state index in [0.717, 1.165) is 5.56 Å². The van der Waals surface area contributed by atoms with Crippen LogP contribution >= 0.6 is 11.8 Å². The van der Waals surface area contributed by atoms with Crippen LogP contribution in [0.5, 0.6) is 0 Å². The minimum absolute atomic E-state index is 0.514. The Morgan fingerprint density at radius 1 is 0.950 bits per heavy atom. The maximum absolute atomic E-state index is 10.9. The third kappa shape index (κ3) is 4.79. The van der Waals surface area contributed by atoms with Crippen LogP contribution in [0.4, 0.5) is 0 Å². The Morgan fingerprint density at radius 2 is 1.55 bits per heavy atom. The van der Waals surface area contributed by atoms with Gasteiger partial charge in [0.1, 0.15) is 0 Å². The molecule has 0 saturated carbocycles. The van der Waals surface area contributed by atoms with Gasteiger partial charge in [0, 0.05) is 5.75 Å². The van der Waals surface area contributed by atoms with Crippen LogP contribution in [0.3, 0.4) is 0 Å². The lowest BCUT2D eigenvalue weighted by molar-refractivity contribution is -1.92. The average molecular weight is 313 g/mol. The summed E-state index contributed by atoms with van der Waals surface area (Å²) in [6.45, 7) is 0. The van der Waals surface area contributed by atoms with Crippen molar-refractivity contribution in [1.29, 1.82) is 0 Å². The van der Waals surface area contributed by atoms with Gasteiger partial charge in [-0.05, 0) is 17.7 Å². The maximum Gasteiger partial charge on any atom is 0.306 e. The third-order valence-corrected chi connectivity index (χ3v) is 4.33. The van der Waals surface area contributed by atoms with E-state index in [0.29, 0.717) is 5.75 Å². The normalized spacial score (nSPS) is 17.1. The van der Waals surface area contributed by atoms with Gasteiger partial charge >= 0.3 is 4.93 Å². The largest absolute Gasteiger partial charge is 0.306 e. The van der Waals surface area contributed by atoms with Crippen LogP contribution in [-0.2, 0) is 10.0 Å². The highest BCUT2D eigenvalue weighted by Crippen LogP contribution is 2.35. The number of thioether (sulfide) groups is 1. The van der Waals surface area contributed by atoms with Crippen molar-refractivity contribution in [3.8, 4) is 0 Å². The second-order valence-corrected chi connectivity index (χ2v) is 6.18. The number of hydrogen-bond donors (Lipinski definition) is 0. The Balaban J connectivity index is 2.15. The fourth-order valence-corrected chi connectivity index (χ4v) is 3.39. The van der Waals surface area contributed by atoms with Crippen molar-refractivity contribution in [2.24, 2.45) is 0 Å². The third-order valence-electron chi connectivity index (χ3n) is 2.51. The minimum atomic E-state index is -4.52. The van der Waals surface area contributed by atoms with Crippen LogP contribution in [0.1, 0.15) is 5.56 Å². The lowest BCUT2D eigenvalue weighted by atomic mass is 10.2. The molecule has 0 N–H and O–H groups in total. The molecule has 20 heavy (non-hydrogen) atoms. The first-order valence-corrected chi connectivity index (χ1v) is 8.04. The molecule has 1 aromatic rings. The van der Waals surface area contributed by atoms with Crippen molar-refractivity contribution >= 4 is 11.8 Å². The van der Waals surface area contributed by atoms with Gasteiger partial charge in [-0.2, -0.15) is 14.0 Å². The second-order valence-electron chi connectivity index (χ2n) is 4.05. The molecule has 0 fully saturated rings. The number of rotatable bonds is 5. The van der Waals surface area contributed by atoms with E-state index in [2.05, 4.69) is 0 Å². The van der Waals surface area contributed by atoms with Gasteiger partial charge in [-0.3, -0.25) is 0 Å². The summed E-state index contributed by atoms with van der Waals surface area (Å²) in [5.74, 6) is 0.514. The molecule has 0 spiro atoms. The van der Waals surface area contributed by atoms with E-state index in [1.165, 1.54) is 11.8 Å². The molecule has 0 saturated heterocycles. The number of allylic oxidation sites excluding steroid dienone is 4. The molecule has 1 aliphatic carbocycles. The van der Waals surface area contributed by atoms with Gasteiger partial charge in [-0.25, -0.2) is 0 Å². The Hall–Kier alpha value is -1.08. The van der Waals surface area contributed by atoms with E-state index in [4.69, 9.17) is 4.29 Å². The van der Waals surface area contributed by atoms with Gasteiger partial charge in [0.2, 0.25) is 0 Å². The standard InChI is InChI=1S/C14H13ClO4S/c16-15(17,18)19-14(10-6-1-2-7-11-14)20-12-13-8-4-3-5-9-13/h1-11H,12H2. The first-order chi connectivity index (χ1) is 9.49. The zero-order valence-corrected chi connectivity index (χ0v) is 12.0. The van der Waals surface area contributed by atoms with E-state index < -0.39 is 15.2 Å². The van der Waals surface area contributed by atoms with E-state index >= 15 is 0 Å². The van der Waals surface area contributed by atoms with Crippen molar-refractivity contribution in [3.63, 3.8) is 0 Å². The first kappa shape index (κ1) is 15.3. The zero-order chi connectivity index (χ0) is 14.5.